The third-order valence-corrected chi connectivity index (χ3v) is 3.00. The third-order valence-electron chi connectivity index (χ3n) is 3.00. The Kier molecular flexibility index (Phi) is 2.63. The fourth-order valence-corrected chi connectivity index (χ4v) is 2.05. The molecular weight excluding hydrogens is 152 g/mol. The molecule has 3 heteroatoms. The van der Waals surface area contributed by atoms with E-state index in [9.17, 15) is 0 Å². The summed E-state index contributed by atoms with van der Waals surface area (Å²) in [5, 5.41) is 0. The SMILES string of the molecule is NCC1CCN1C[C@H]1CCCO1. The van der Waals surface area contributed by atoms with E-state index in [-0.39, 0.29) is 0 Å². The monoisotopic (exact) mass is 170 g/mol. The number of likely N-dealkylation sites (tertiary alicyclic amines) is 1. The van der Waals surface area contributed by atoms with Gasteiger partial charge in [0.05, 0.1) is 6.10 Å². The second kappa shape index (κ2) is 3.73. The Bertz CT molecular complexity index is 143. The molecule has 0 aromatic heterocycles. The lowest BCUT2D eigenvalue weighted by Crippen LogP contribution is -2.53. The minimum Gasteiger partial charge on any atom is -0.377 e. The molecule has 2 atom stereocenters. The molecule has 2 aliphatic rings. The van der Waals surface area contributed by atoms with Gasteiger partial charge in [-0.15, -0.1) is 0 Å². The van der Waals surface area contributed by atoms with Gasteiger partial charge in [0.15, 0.2) is 0 Å². The predicted octanol–water partition coefficient (Wildman–Crippen LogP) is 0.198. The number of ether oxygens (including phenoxy) is 1. The van der Waals surface area contributed by atoms with Gasteiger partial charge in [-0.1, -0.05) is 0 Å². The minimum atomic E-state index is 0.499. The summed E-state index contributed by atoms with van der Waals surface area (Å²) in [7, 11) is 0. The molecule has 12 heavy (non-hydrogen) atoms. The molecule has 2 heterocycles. The topological polar surface area (TPSA) is 38.5 Å². The first-order valence-electron chi connectivity index (χ1n) is 4.96. The van der Waals surface area contributed by atoms with E-state index < -0.39 is 0 Å². The van der Waals surface area contributed by atoms with Gasteiger partial charge in [0, 0.05) is 32.3 Å². The molecule has 70 valence electrons. The molecule has 2 rings (SSSR count). The van der Waals surface area contributed by atoms with Gasteiger partial charge in [0.1, 0.15) is 0 Å². The summed E-state index contributed by atoms with van der Waals surface area (Å²) >= 11 is 0. The van der Waals surface area contributed by atoms with Crippen molar-refractivity contribution >= 4 is 0 Å². The van der Waals surface area contributed by atoms with Gasteiger partial charge in [0.2, 0.25) is 0 Å². The molecular formula is C9H18N2O. The Morgan fingerprint density at radius 2 is 2.33 bits per heavy atom. The molecule has 0 bridgehead atoms. The third kappa shape index (κ3) is 1.63. The van der Waals surface area contributed by atoms with Crippen molar-refractivity contribution in [1.82, 2.24) is 4.90 Å². The highest BCUT2D eigenvalue weighted by Gasteiger charge is 2.29. The standard InChI is InChI=1S/C9H18N2O/c10-6-8-3-4-11(8)7-9-2-1-5-12-9/h8-9H,1-7,10H2/t8?,9-/m1/s1. The molecule has 0 aliphatic carbocycles. The van der Waals surface area contributed by atoms with Crippen molar-refractivity contribution in [3.63, 3.8) is 0 Å². The molecule has 0 spiro atoms. The van der Waals surface area contributed by atoms with Gasteiger partial charge in [-0.25, -0.2) is 0 Å². The highest BCUT2D eigenvalue weighted by molar-refractivity contribution is 4.85. The van der Waals surface area contributed by atoms with E-state index in [1.54, 1.807) is 0 Å². The predicted molar refractivity (Wildman–Crippen MR) is 48.0 cm³/mol. The van der Waals surface area contributed by atoms with Crippen molar-refractivity contribution < 1.29 is 4.74 Å². The zero-order valence-corrected chi connectivity index (χ0v) is 7.54. The normalized spacial score (nSPS) is 36.8. The average molecular weight is 170 g/mol. The minimum absolute atomic E-state index is 0.499. The van der Waals surface area contributed by atoms with Crippen molar-refractivity contribution in [3.05, 3.63) is 0 Å². The van der Waals surface area contributed by atoms with E-state index in [0.717, 1.165) is 19.7 Å². The highest BCUT2D eigenvalue weighted by atomic mass is 16.5. The van der Waals surface area contributed by atoms with Crippen LogP contribution < -0.4 is 5.73 Å². The van der Waals surface area contributed by atoms with Gasteiger partial charge < -0.3 is 10.5 Å². The summed E-state index contributed by atoms with van der Waals surface area (Å²) in [6.45, 7) is 4.11. The van der Waals surface area contributed by atoms with Crippen LogP contribution in [-0.4, -0.2) is 43.3 Å². The second-order valence-corrected chi connectivity index (χ2v) is 3.81. The van der Waals surface area contributed by atoms with E-state index in [0.29, 0.717) is 12.1 Å². The summed E-state index contributed by atoms with van der Waals surface area (Å²) in [6, 6.07) is 0.647. The van der Waals surface area contributed by atoms with Gasteiger partial charge >= 0.3 is 0 Å². The lowest BCUT2D eigenvalue weighted by atomic mass is 10.0. The zero-order chi connectivity index (χ0) is 8.39. The maximum absolute atomic E-state index is 5.62. The first kappa shape index (κ1) is 8.48. The fourth-order valence-electron chi connectivity index (χ4n) is 2.05. The maximum Gasteiger partial charge on any atom is 0.0702 e. The molecule has 2 fully saturated rings. The van der Waals surface area contributed by atoms with Crippen molar-refractivity contribution in [2.75, 3.05) is 26.2 Å². The van der Waals surface area contributed by atoms with Gasteiger partial charge in [-0.2, -0.15) is 0 Å². The van der Waals surface area contributed by atoms with Crippen molar-refractivity contribution in [1.29, 1.82) is 0 Å². The average Bonchev–Trinajstić information content (AvgIpc) is 2.51. The zero-order valence-electron chi connectivity index (χ0n) is 7.54. The van der Waals surface area contributed by atoms with E-state index in [4.69, 9.17) is 10.5 Å². The molecule has 1 unspecified atom stereocenters. The van der Waals surface area contributed by atoms with Gasteiger partial charge in [-0.05, 0) is 19.3 Å². The van der Waals surface area contributed by atoms with Crippen LogP contribution >= 0.6 is 0 Å². The molecule has 3 nitrogen and oxygen atoms in total. The first-order valence-corrected chi connectivity index (χ1v) is 4.96. The molecule has 2 aliphatic heterocycles. The summed E-state index contributed by atoms with van der Waals surface area (Å²) < 4.78 is 5.57. The van der Waals surface area contributed by atoms with Crippen LogP contribution in [0.1, 0.15) is 19.3 Å². The van der Waals surface area contributed by atoms with Crippen molar-refractivity contribution in [2.45, 2.75) is 31.4 Å². The number of hydrogen-bond acceptors (Lipinski definition) is 3. The van der Waals surface area contributed by atoms with Crippen molar-refractivity contribution in [2.24, 2.45) is 5.73 Å². The molecule has 0 saturated carbocycles. The van der Waals surface area contributed by atoms with E-state index in [1.165, 1.54) is 25.8 Å². The van der Waals surface area contributed by atoms with Gasteiger partial charge in [-0.3, -0.25) is 4.90 Å². The van der Waals surface area contributed by atoms with E-state index in [1.807, 2.05) is 0 Å². The lowest BCUT2D eigenvalue weighted by Gasteiger charge is -2.41. The van der Waals surface area contributed by atoms with Crippen LogP contribution in [0.3, 0.4) is 0 Å². The lowest BCUT2D eigenvalue weighted by molar-refractivity contribution is 0.0197. The second-order valence-electron chi connectivity index (χ2n) is 3.81. The number of rotatable bonds is 3. The van der Waals surface area contributed by atoms with Crippen molar-refractivity contribution in [3.8, 4) is 0 Å². The van der Waals surface area contributed by atoms with E-state index >= 15 is 0 Å². The number of nitrogens with two attached hydrogens (primary N) is 1. The summed E-state index contributed by atoms with van der Waals surface area (Å²) in [4.78, 5) is 2.45. The van der Waals surface area contributed by atoms with E-state index in [2.05, 4.69) is 4.90 Å². The number of nitrogens with zero attached hydrogens (tertiary/aromatic N) is 1. The largest absolute Gasteiger partial charge is 0.377 e. The van der Waals surface area contributed by atoms with Crippen LogP contribution in [-0.2, 0) is 4.74 Å². The quantitative estimate of drug-likeness (QED) is 0.657. The van der Waals surface area contributed by atoms with Crippen LogP contribution in [0.2, 0.25) is 0 Å². The summed E-state index contributed by atoms with van der Waals surface area (Å²) in [5.74, 6) is 0. The molecule has 0 aromatic rings. The maximum atomic E-state index is 5.62. The molecule has 2 saturated heterocycles. The summed E-state index contributed by atoms with van der Waals surface area (Å²) in [6.07, 6.45) is 4.27. The molecule has 2 N–H and O–H groups in total. The van der Waals surface area contributed by atoms with Crippen LogP contribution in [0.15, 0.2) is 0 Å². The highest BCUT2D eigenvalue weighted by Crippen LogP contribution is 2.20. The smallest absolute Gasteiger partial charge is 0.0702 e. The molecule has 0 radical (unpaired) electrons. The van der Waals surface area contributed by atoms with Gasteiger partial charge in [0.25, 0.3) is 0 Å². The number of hydrogen-bond donors (Lipinski definition) is 1. The Labute approximate surface area is 73.9 Å². The van der Waals surface area contributed by atoms with Crippen LogP contribution in [0.25, 0.3) is 0 Å². The first-order chi connectivity index (χ1) is 5.90. The van der Waals surface area contributed by atoms with Crippen LogP contribution in [0, 0.1) is 0 Å². The summed E-state index contributed by atoms with van der Waals surface area (Å²) in [5.41, 5.74) is 5.62. The molecule has 0 aromatic carbocycles. The Morgan fingerprint density at radius 1 is 1.42 bits per heavy atom. The molecule has 0 amide bonds. The van der Waals surface area contributed by atoms with Crippen LogP contribution in [0.5, 0.6) is 0 Å². The Balaban J connectivity index is 1.71. The Morgan fingerprint density at radius 3 is 2.83 bits per heavy atom. The fraction of sp³-hybridized carbons (Fsp3) is 1.00. The van der Waals surface area contributed by atoms with Crippen LogP contribution in [0.4, 0.5) is 0 Å². The Hall–Kier alpha value is -0.120.